The van der Waals surface area contributed by atoms with Gasteiger partial charge in [-0.1, -0.05) is 12.1 Å². The monoisotopic (exact) mass is 307 g/mol. The molecule has 0 saturated carbocycles. The van der Waals surface area contributed by atoms with E-state index in [-0.39, 0.29) is 18.9 Å². The van der Waals surface area contributed by atoms with Crippen LogP contribution in [-0.4, -0.2) is 54.3 Å². The molecule has 6 heteroatoms. The van der Waals surface area contributed by atoms with Crippen molar-refractivity contribution in [2.45, 2.75) is 25.8 Å². The van der Waals surface area contributed by atoms with Crippen molar-refractivity contribution in [1.29, 1.82) is 0 Å². The molecule has 0 spiro atoms. The molecule has 6 nitrogen and oxygen atoms in total. The van der Waals surface area contributed by atoms with Crippen molar-refractivity contribution in [3.63, 3.8) is 0 Å². The van der Waals surface area contributed by atoms with Crippen molar-refractivity contribution in [1.82, 2.24) is 4.90 Å². The Morgan fingerprint density at radius 2 is 2.27 bits per heavy atom. The van der Waals surface area contributed by atoms with E-state index < -0.39 is 12.0 Å². The van der Waals surface area contributed by atoms with Crippen LogP contribution in [-0.2, 0) is 14.3 Å². The Morgan fingerprint density at radius 1 is 1.45 bits per heavy atom. The van der Waals surface area contributed by atoms with Crippen LogP contribution in [0.3, 0.4) is 0 Å². The van der Waals surface area contributed by atoms with E-state index in [9.17, 15) is 9.59 Å². The molecule has 0 aliphatic carbocycles. The largest absolute Gasteiger partial charge is 0.494 e. The summed E-state index contributed by atoms with van der Waals surface area (Å²) in [5.74, 6) is -0.408. The molecule has 1 aliphatic rings. The summed E-state index contributed by atoms with van der Waals surface area (Å²) in [6, 6.07) is 6.84. The zero-order valence-corrected chi connectivity index (χ0v) is 12.7. The first-order valence-electron chi connectivity index (χ1n) is 7.37. The van der Waals surface area contributed by atoms with Crippen LogP contribution in [0.2, 0.25) is 0 Å². The SMILES string of the molecule is Cc1cccc(OCCCC(=O)N2CCOC[C@@H]2C(=O)O)c1. The minimum absolute atomic E-state index is 0.0564. The van der Waals surface area contributed by atoms with Gasteiger partial charge in [0.05, 0.1) is 19.8 Å². The van der Waals surface area contributed by atoms with Crippen molar-refractivity contribution in [3.8, 4) is 5.75 Å². The van der Waals surface area contributed by atoms with E-state index in [0.717, 1.165) is 11.3 Å². The number of aryl methyl sites for hydroxylation is 1. The molecule has 1 aromatic rings. The highest BCUT2D eigenvalue weighted by atomic mass is 16.5. The lowest BCUT2D eigenvalue weighted by Crippen LogP contribution is -2.52. The zero-order valence-electron chi connectivity index (χ0n) is 12.7. The molecule has 1 N–H and O–H groups in total. The first-order valence-corrected chi connectivity index (χ1v) is 7.37. The average Bonchev–Trinajstić information content (AvgIpc) is 2.51. The fraction of sp³-hybridized carbons (Fsp3) is 0.500. The highest BCUT2D eigenvalue weighted by molar-refractivity contribution is 5.83. The first-order chi connectivity index (χ1) is 10.6. The van der Waals surface area contributed by atoms with Crippen LogP contribution in [0.4, 0.5) is 0 Å². The average molecular weight is 307 g/mol. The van der Waals surface area contributed by atoms with Gasteiger partial charge in [0.25, 0.3) is 0 Å². The third kappa shape index (κ3) is 4.46. The second-order valence-electron chi connectivity index (χ2n) is 5.28. The van der Waals surface area contributed by atoms with Gasteiger partial charge in [-0.05, 0) is 31.0 Å². The van der Waals surface area contributed by atoms with Gasteiger partial charge in [0, 0.05) is 13.0 Å². The third-order valence-electron chi connectivity index (χ3n) is 3.53. The van der Waals surface area contributed by atoms with E-state index >= 15 is 0 Å². The lowest BCUT2D eigenvalue weighted by atomic mass is 10.2. The number of hydrogen-bond acceptors (Lipinski definition) is 4. The molecule has 1 heterocycles. The molecule has 0 aromatic heterocycles. The lowest BCUT2D eigenvalue weighted by Gasteiger charge is -2.32. The van der Waals surface area contributed by atoms with Gasteiger partial charge in [-0.3, -0.25) is 4.79 Å². The maximum Gasteiger partial charge on any atom is 0.328 e. The molecule has 120 valence electrons. The Labute approximate surface area is 129 Å². The number of hydrogen-bond donors (Lipinski definition) is 1. The maximum absolute atomic E-state index is 12.1. The third-order valence-corrected chi connectivity index (χ3v) is 3.53. The molecule has 0 radical (unpaired) electrons. The second-order valence-corrected chi connectivity index (χ2v) is 5.28. The number of morpholine rings is 1. The topological polar surface area (TPSA) is 76.1 Å². The van der Waals surface area contributed by atoms with Crippen LogP contribution in [0.1, 0.15) is 18.4 Å². The molecule has 1 atom stereocenters. The van der Waals surface area contributed by atoms with Crippen molar-refractivity contribution in [2.24, 2.45) is 0 Å². The molecule has 22 heavy (non-hydrogen) atoms. The summed E-state index contributed by atoms with van der Waals surface area (Å²) >= 11 is 0. The minimum Gasteiger partial charge on any atom is -0.494 e. The smallest absolute Gasteiger partial charge is 0.328 e. The quantitative estimate of drug-likeness (QED) is 0.805. The number of rotatable bonds is 6. The van der Waals surface area contributed by atoms with Crippen LogP contribution in [0.25, 0.3) is 0 Å². The molecular weight excluding hydrogens is 286 g/mol. The number of carbonyl (C=O) groups excluding carboxylic acids is 1. The number of benzene rings is 1. The van der Waals surface area contributed by atoms with Crippen molar-refractivity contribution >= 4 is 11.9 Å². The number of carboxylic acids is 1. The van der Waals surface area contributed by atoms with Gasteiger partial charge in [0.2, 0.25) is 5.91 Å². The summed E-state index contributed by atoms with van der Waals surface area (Å²) in [6.45, 7) is 3.18. The van der Waals surface area contributed by atoms with Gasteiger partial charge in [0.1, 0.15) is 5.75 Å². The Kier molecular flexibility index (Phi) is 5.77. The highest BCUT2D eigenvalue weighted by Gasteiger charge is 2.32. The van der Waals surface area contributed by atoms with Crippen molar-refractivity contribution < 1.29 is 24.2 Å². The summed E-state index contributed by atoms with van der Waals surface area (Å²) in [7, 11) is 0. The molecule has 1 aliphatic heterocycles. The van der Waals surface area contributed by atoms with Gasteiger partial charge < -0.3 is 19.5 Å². The van der Waals surface area contributed by atoms with Gasteiger partial charge in [0.15, 0.2) is 6.04 Å². The number of amides is 1. The van der Waals surface area contributed by atoms with E-state index in [0.29, 0.717) is 26.2 Å². The minimum atomic E-state index is -1.02. The summed E-state index contributed by atoms with van der Waals surface area (Å²) in [5, 5.41) is 9.11. The van der Waals surface area contributed by atoms with E-state index in [2.05, 4.69) is 0 Å². The van der Waals surface area contributed by atoms with Crippen LogP contribution >= 0.6 is 0 Å². The normalized spacial score (nSPS) is 18.0. The Bertz CT molecular complexity index is 531. The van der Waals surface area contributed by atoms with Crippen LogP contribution in [0.5, 0.6) is 5.75 Å². The molecule has 0 unspecified atom stereocenters. The highest BCUT2D eigenvalue weighted by Crippen LogP contribution is 2.14. The van der Waals surface area contributed by atoms with Crippen LogP contribution < -0.4 is 4.74 Å². The number of nitrogens with zero attached hydrogens (tertiary/aromatic N) is 1. The molecule has 1 saturated heterocycles. The van der Waals surface area contributed by atoms with Gasteiger partial charge in [-0.25, -0.2) is 4.79 Å². The predicted octanol–water partition coefficient (Wildman–Crippen LogP) is 1.47. The Balaban J connectivity index is 1.76. The first kappa shape index (κ1) is 16.3. The summed E-state index contributed by atoms with van der Waals surface area (Å²) in [4.78, 5) is 24.6. The number of ether oxygens (including phenoxy) is 2. The zero-order chi connectivity index (χ0) is 15.9. The summed E-state index contributed by atoms with van der Waals surface area (Å²) in [5.41, 5.74) is 1.12. The number of carboxylic acid groups (broad SMARTS) is 1. The van der Waals surface area contributed by atoms with E-state index in [4.69, 9.17) is 14.6 Å². The molecular formula is C16H21NO5. The summed E-state index contributed by atoms with van der Waals surface area (Å²) < 4.78 is 10.7. The fourth-order valence-corrected chi connectivity index (χ4v) is 2.37. The Morgan fingerprint density at radius 3 is 3.00 bits per heavy atom. The van der Waals surface area contributed by atoms with E-state index in [1.807, 2.05) is 31.2 Å². The van der Waals surface area contributed by atoms with E-state index in [1.54, 1.807) is 0 Å². The van der Waals surface area contributed by atoms with Gasteiger partial charge in [-0.15, -0.1) is 0 Å². The molecule has 1 fully saturated rings. The molecule has 1 amide bonds. The van der Waals surface area contributed by atoms with E-state index in [1.165, 1.54) is 4.90 Å². The van der Waals surface area contributed by atoms with Crippen molar-refractivity contribution in [2.75, 3.05) is 26.4 Å². The number of carbonyl (C=O) groups is 2. The molecule has 2 rings (SSSR count). The van der Waals surface area contributed by atoms with Gasteiger partial charge in [-0.2, -0.15) is 0 Å². The summed E-state index contributed by atoms with van der Waals surface area (Å²) in [6.07, 6.45) is 0.825. The number of aliphatic carboxylic acids is 1. The van der Waals surface area contributed by atoms with Crippen molar-refractivity contribution in [3.05, 3.63) is 29.8 Å². The van der Waals surface area contributed by atoms with Crippen LogP contribution in [0, 0.1) is 6.92 Å². The standard InChI is InChI=1S/C16H21NO5/c1-12-4-2-5-13(10-12)22-8-3-6-15(18)17-7-9-21-11-14(17)16(19)20/h2,4-5,10,14H,3,6-9,11H2,1H3,(H,19,20)/t14-/m1/s1. The maximum atomic E-state index is 12.1. The molecule has 1 aromatic carbocycles. The molecule has 0 bridgehead atoms. The van der Waals surface area contributed by atoms with Gasteiger partial charge >= 0.3 is 5.97 Å². The predicted molar refractivity (Wildman–Crippen MR) is 79.9 cm³/mol. The second kappa shape index (κ2) is 7.79. The fourth-order valence-electron chi connectivity index (χ4n) is 2.37. The Hall–Kier alpha value is -2.08. The van der Waals surface area contributed by atoms with Crippen LogP contribution in [0.15, 0.2) is 24.3 Å². The lowest BCUT2D eigenvalue weighted by molar-refractivity contribution is -0.158.